The van der Waals surface area contributed by atoms with Crippen molar-refractivity contribution in [2.75, 3.05) is 11.5 Å². The zero-order valence-corrected chi connectivity index (χ0v) is 20.5. The number of nitrogens with one attached hydrogen (secondary N) is 1. The van der Waals surface area contributed by atoms with Crippen LogP contribution in [-0.4, -0.2) is 45.8 Å². The van der Waals surface area contributed by atoms with Crippen molar-refractivity contribution in [3.63, 3.8) is 0 Å². The molecule has 37 heavy (non-hydrogen) atoms. The molecule has 1 aromatic heterocycles. The van der Waals surface area contributed by atoms with E-state index in [0.717, 1.165) is 0 Å². The molecule has 5 atom stereocenters. The lowest BCUT2D eigenvalue weighted by Crippen LogP contribution is -2.49. The molecule has 2 amide bonds. The molecule has 2 bridgehead atoms. The molecule has 9 nitrogen and oxygen atoms in total. The third kappa shape index (κ3) is 3.26. The Balaban J connectivity index is 1.36. The Hall–Kier alpha value is -3.71. The van der Waals surface area contributed by atoms with E-state index in [4.69, 9.17) is 21.1 Å². The van der Waals surface area contributed by atoms with Crippen LogP contribution in [0, 0.1) is 23.2 Å². The molecule has 0 saturated carbocycles. The minimum Gasteiger partial charge on any atom is -0.488 e. The number of nitriles is 1. The molecule has 3 aromatic rings. The molecule has 10 heteroatoms. The highest BCUT2D eigenvalue weighted by Crippen LogP contribution is 2.62. The van der Waals surface area contributed by atoms with Gasteiger partial charge in [-0.3, -0.25) is 14.4 Å². The Morgan fingerprint density at radius 2 is 1.92 bits per heavy atom. The van der Waals surface area contributed by atoms with Gasteiger partial charge in [-0.2, -0.15) is 5.26 Å². The quantitative estimate of drug-likeness (QED) is 0.495. The summed E-state index contributed by atoms with van der Waals surface area (Å²) < 4.78 is 12.0. The molecule has 3 aliphatic rings. The Morgan fingerprint density at radius 1 is 1.19 bits per heavy atom. The smallest absolute Gasteiger partial charge is 0.290 e. The third-order valence-corrected chi connectivity index (χ3v) is 8.21. The molecule has 4 heterocycles. The summed E-state index contributed by atoms with van der Waals surface area (Å²) in [6.07, 6.45) is 0.718. The van der Waals surface area contributed by atoms with Crippen molar-refractivity contribution in [1.29, 1.82) is 5.26 Å². The molecule has 3 aliphatic heterocycles. The first-order valence-electron chi connectivity index (χ1n) is 11.9. The van der Waals surface area contributed by atoms with Crippen molar-refractivity contribution >= 4 is 39.9 Å². The number of aromatic amines is 1. The van der Waals surface area contributed by atoms with Gasteiger partial charge in [0.05, 0.1) is 52.5 Å². The molecule has 0 radical (unpaired) electrons. The lowest BCUT2D eigenvalue weighted by atomic mass is 9.66. The summed E-state index contributed by atoms with van der Waals surface area (Å²) in [5.74, 6) is -2.54. The predicted octanol–water partition coefficient (Wildman–Crippen LogP) is 2.92. The van der Waals surface area contributed by atoms with Gasteiger partial charge in [-0.15, -0.1) is 0 Å². The average molecular weight is 520 g/mol. The summed E-state index contributed by atoms with van der Waals surface area (Å²) in [6, 6.07) is 13.9. The Bertz CT molecular complexity index is 1580. The number of hydrogen-bond donors (Lipinski definition) is 2. The van der Waals surface area contributed by atoms with Gasteiger partial charge in [0.15, 0.2) is 5.75 Å². The Kier molecular flexibility index (Phi) is 5.21. The molecular formula is C27H22ClN3O6. The normalized spacial score (nSPS) is 30.1. The number of anilines is 1. The van der Waals surface area contributed by atoms with Gasteiger partial charge in [0, 0.05) is 35.9 Å². The maximum atomic E-state index is 13.9. The van der Waals surface area contributed by atoms with Crippen LogP contribution in [0.5, 0.6) is 5.75 Å². The maximum Gasteiger partial charge on any atom is 0.290 e. The van der Waals surface area contributed by atoms with Gasteiger partial charge in [-0.25, -0.2) is 4.90 Å². The second-order valence-corrected chi connectivity index (χ2v) is 10.4. The largest absolute Gasteiger partial charge is 0.488 e. The molecule has 6 rings (SSSR count). The second kappa shape index (κ2) is 8.15. The number of aliphatic hydroxyl groups excluding tert-OH is 1. The Morgan fingerprint density at radius 3 is 2.68 bits per heavy atom. The van der Waals surface area contributed by atoms with Gasteiger partial charge in [-0.05, 0) is 19.1 Å². The zero-order valence-electron chi connectivity index (χ0n) is 19.7. The first kappa shape index (κ1) is 23.7. The number of H-pyrrole nitrogens is 1. The minimum absolute atomic E-state index is 0.0106. The van der Waals surface area contributed by atoms with Crippen LogP contribution in [0.15, 0.2) is 53.5 Å². The number of fused-ring (bicyclic) bond motifs is 6. The zero-order chi connectivity index (χ0) is 26.1. The van der Waals surface area contributed by atoms with E-state index in [1.807, 2.05) is 0 Å². The fourth-order valence-corrected chi connectivity index (χ4v) is 6.47. The second-order valence-electron chi connectivity index (χ2n) is 9.94. The van der Waals surface area contributed by atoms with E-state index in [1.165, 1.54) is 17.2 Å². The fourth-order valence-electron chi connectivity index (χ4n) is 6.32. The number of benzene rings is 2. The predicted molar refractivity (Wildman–Crippen MR) is 133 cm³/mol. The molecule has 188 valence electrons. The van der Waals surface area contributed by atoms with Crippen LogP contribution in [0.1, 0.15) is 25.3 Å². The first-order valence-corrected chi connectivity index (χ1v) is 12.3. The van der Waals surface area contributed by atoms with Crippen molar-refractivity contribution in [2.24, 2.45) is 11.8 Å². The molecule has 0 spiro atoms. The molecule has 2 N–H and O–H groups in total. The van der Waals surface area contributed by atoms with E-state index in [1.54, 1.807) is 43.3 Å². The van der Waals surface area contributed by atoms with E-state index in [-0.39, 0.29) is 25.2 Å². The van der Waals surface area contributed by atoms with Crippen LogP contribution in [0.4, 0.5) is 5.69 Å². The highest BCUT2D eigenvalue weighted by Gasteiger charge is 2.77. The third-order valence-electron chi connectivity index (χ3n) is 7.99. The van der Waals surface area contributed by atoms with Crippen LogP contribution < -0.4 is 15.2 Å². The maximum absolute atomic E-state index is 13.9. The van der Waals surface area contributed by atoms with Crippen molar-refractivity contribution in [1.82, 2.24) is 4.98 Å². The van der Waals surface area contributed by atoms with E-state index in [2.05, 4.69) is 11.1 Å². The van der Waals surface area contributed by atoms with E-state index in [9.17, 15) is 24.8 Å². The number of nitrogens with zero attached hydrogens (tertiary/aromatic N) is 2. The molecule has 5 unspecified atom stereocenters. The van der Waals surface area contributed by atoms with E-state index >= 15 is 0 Å². The summed E-state index contributed by atoms with van der Waals surface area (Å²) in [5, 5.41) is 22.0. The van der Waals surface area contributed by atoms with Crippen LogP contribution in [0.2, 0.25) is 5.02 Å². The van der Waals surface area contributed by atoms with Gasteiger partial charge in [0.1, 0.15) is 5.60 Å². The monoisotopic (exact) mass is 519 g/mol. The van der Waals surface area contributed by atoms with Gasteiger partial charge in [-0.1, -0.05) is 35.9 Å². The van der Waals surface area contributed by atoms with Crippen LogP contribution in [-0.2, 0) is 14.3 Å². The molecule has 3 saturated heterocycles. The number of amides is 2. The number of carbonyl (C=O) groups excluding carboxylic acids is 2. The number of carbonyl (C=O) groups is 2. The standard InChI is InChI=1S/C27H22ClN3O6/c1-26-20(32)11-27(37-26,8-9-36-19-10-15(28)13-30-23(19)33)22-21(26)24(34)31(25(22)35)18-7-6-14(12-29)16-4-2-3-5-17(16)18/h2-7,10,13,20-22,32H,8-9,11H2,1H3,(H,30,33). The van der Waals surface area contributed by atoms with Gasteiger partial charge in [0.25, 0.3) is 5.56 Å². The molecular weight excluding hydrogens is 498 g/mol. The summed E-state index contributed by atoms with van der Waals surface area (Å²) in [5.41, 5.74) is -2.01. The fraction of sp³-hybridized carbons (Fsp3) is 0.333. The van der Waals surface area contributed by atoms with Gasteiger partial charge >= 0.3 is 0 Å². The lowest BCUT2D eigenvalue weighted by molar-refractivity contribution is -0.134. The number of hydrogen-bond acceptors (Lipinski definition) is 7. The van der Waals surface area contributed by atoms with Crippen molar-refractivity contribution < 1.29 is 24.2 Å². The van der Waals surface area contributed by atoms with Crippen molar-refractivity contribution in [2.45, 2.75) is 37.1 Å². The van der Waals surface area contributed by atoms with Gasteiger partial charge in [0.2, 0.25) is 11.8 Å². The highest BCUT2D eigenvalue weighted by molar-refractivity contribution is 6.30. The summed E-state index contributed by atoms with van der Waals surface area (Å²) in [4.78, 5) is 43.5. The van der Waals surface area contributed by atoms with Crippen molar-refractivity contribution in [3.8, 4) is 11.8 Å². The topological polar surface area (TPSA) is 133 Å². The SMILES string of the molecule is CC12OC(CCOc3cc(Cl)c[nH]c3=O)(CC1O)C1C(=O)N(c3ccc(C#N)c4ccccc34)C(=O)C12. The number of pyridine rings is 1. The average Bonchev–Trinajstić information content (AvgIpc) is 3.41. The van der Waals surface area contributed by atoms with Crippen LogP contribution in [0.25, 0.3) is 10.8 Å². The van der Waals surface area contributed by atoms with Crippen LogP contribution >= 0.6 is 11.6 Å². The number of halogens is 1. The number of aromatic nitrogens is 1. The van der Waals surface area contributed by atoms with Crippen LogP contribution in [0.3, 0.4) is 0 Å². The van der Waals surface area contributed by atoms with Gasteiger partial charge < -0.3 is 19.6 Å². The number of ether oxygens (including phenoxy) is 2. The minimum atomic E-state index is -1.25. The number of imide groups is 1. The molecule has 2 aromatic carbocycles. The van der Waals surface area contributed by atoms with E-state index in [0.29, 0.717) is 27.0 Å². The highest BCUT2D eigenvalue weighted by atomic mass is 35.5. The van der Waals surface area contributed by atoms with E-state index < -0.39 is 46.5 Å². The molecule has 0 aliphatic carbocycles. The Labute approximate surface area is 216 Å². The summed E-state index contributed by atoms with van der Waals surface area (Å²) >= 11 is 5.95. The number of rotatable bonds is 5. The number of aliphatic hydroxyl groups is 1. The first-order chi connectivity index (χ1) is 17.7. The summed E-state index contributed by atoms with van der Waals surface area (Å²) in [7, 11) is 0. The van der Waals surface area contributed by atoms with Crippen molar-refractivity contribution in [3.05, 3.63) is 69.6 Å². The lowest BCUT2D eigenvalue weighted by Gasteiger charge is -2.33. The summed E-state index contributed by atoms with van der Waals surface area (Å²) in [6.45, 7) is 1.68. The molecule has 3 fully saturated rings.